The first-order valence-electron chi connectivity index (χ1n) is 8.01. The van der Waals surface area contributed by atoms with Crippen molar-refractivity contribution in [3.05, 3.63) is 0 Å². The van der Waals surface area contributed by atoms with Crippen molar-refractivity contribution in [2.24, 2.45) is 5.92 Å². The second-order valence-electron chi connectivity index (χ2n) is 5.73. The maximum atomic E-state index is 6.04. The van der Waals surface area contributed by atoms with Gasteiger partial charge in [0.05, 0.1) is 6.42 Å². The van der Waals surface area contributed by atoms with E-state index < -0.39 is 8.80 Å². The maximum Gasteiger partial charge on any atom is 0.573 e. The van der Waals surface area contributed by atoms with E-state index in [0.29, 0.717) is 31.4 Å². The Labute approximate surface area is 125 Å². The van der Waals surface area contributed by atoms with Crippen molar-refractivity contribution < 1.29 is 17.9 Å². The van der Waals surface area contributed by atoms with Crippen molar-refractivity contribution in [3.8, 4) is 0 Å². The molecule has 0 aromatic rings. The quantitative estimate of drug-likeness (QED) is 0.485. The third-order valence-corrected chi connectivity index (χ3v) is 7.15. The van der Waals surface area contributed by atoms with Crippen molar-refractivity contribution in [1.29, 1.82) is 0 Å². The molecule has 0 amide bonds. The normalized spacial score (nSPS) is 22.1. The van der Waals surface area contributed by atoms with Crippen LogP contribution in [0, 0.1) is 5.92 Å². The summed E-state index contributed by atoms with van der Waals surface area (Å²) in [5.74, 6) is 0.679. The summed E-state index contributed by atoms with van der Waals surface area (Å²) in [5.41, 5.74) is 1.74. The van der Waals surface area contributed by atoms with E-state index in [4.69, 9.17) is 13.3 Å². The molecule has 0 bridgehead atoms. The lowest BCUT2D eigenvalue weighted by Crippen LogP contribution is -2.66. The van der Waals surface area contributed by atoms with E-state index >= 15 is 0 Å². The molecule has 1 rings (SSSR count). The standard InChI is InChI=1S/C15H32NO3Si/c1-7-17-20(18-8-2,19-9-3)15-10-11-16(15)14(6)12-13(4)5/h13,15H,7-12H2,1-6H3/q+1. The van der Waals surface area contributed by atoms with Crippen molar-refractivity contribution in [1.82, 2.24) is 0 Å². The second-order valence-corrected chi connectivity index (χ2v) is 8.47. The van der Waals surface area contributed by atoms with Gasteiger partial charge in [0.25, 0.3) is 0 Å². The molecule has 118 valence electrons. The van der Waals surface area contributed by atoms with E-state index in [0.717, 1.165) is 19.4 Å². The van der Waals surface area contributed by atoms with E-state index in [1.165, 1.54) is 5.71 Å². The van der Waals surface area contributed by atoms with Crippen molar-refractivity contribution >= 4 is 14.5 Å². The fourth-order valence-electron chi connectivity index (χ4n) is 2.94. The van der Waals surface area contributed by atoms with E-state index in [2.05, 4.69) is 25.3 Å². The average Bonchev–Trinajstić information content (AvgIpc) is 2.26. The smallest absolute Gasteiger partial charge is 0.370 e. The van der Waals surface area contributed by atoms with Gasteiger partial charge in [0, 0.05) is 33.2 Å². The van der Waals surface area contributed by atoms with Crippen LogP contribution in [0.15, 0.2) is 0 Å². The molecule has 0 aromatic carbocycles. The highest BCUT2D eigenvalue weighted by molar-refractivity contribution is 6.62. The Hall–Kier alpha value is -0.233. The number of hydrogen-bond acceptors (Lipinski definition) is 3. The summed E-state index contributed by atoms with van der Waals surface area (Å²) in [6.07, 6.45) is 2.24. The van der Waals surface area contributed by atoms with Gasteiger partial charge in [0.1, 0.15) is 12.3 Å². The minimum Gasteiger partial charge on any atom is -0.370 e. The van der Waals surface area contributed by atoms with Crippen LogP contribution in [0.4, 0.5) is 0 Å². The van der Waals surface area contributed by atoms with Gasteiger partial charge in [-0.1, -0.05) is 13.8 Å². The number of hydrogen-bond donors (Lipinski definition) is 0. The van der Waals surface area contributed by atoms with Gasteiger partial charge in [-0.05, 0) is 26.7 Å². The summed E-state index contributed by atoms with van der Waals surface area (Å²) < 4.78 is 20.6. The predicted octanol–water partition coefficient (Wildman–Crippen LogP) is 2.87. The van der Waals surface area contributed by atoms with Crippen molar-refractivity contribution in [2.75, 3.05) is 26.4 Å². The van der Waals surface area contributed by atoms with Gasteiger partial charge in [-0.2, -0.15) is 0 Å². The summed E-state index contributed by atoms with van der Waals surface area (Å²) in [7, 11) is -2.58. The van der Waals surface area contributed by atoms with Gasteiger partial charge in [-0.3, -0.25) is 0 Å². The molecule has 0 saturated carbocycles. The summed E-state index contributed by atoms with van der Waals surface area (Å²) in [4.78, 5) is 0. The zero-order chi connectivity index (χ0) is 15.2. The Balaban J connectivity index is 2.95. The summed E-state index contributed by atoms with van der Waals surface area (Å²) in [5, 5.41) is 0. The van der Waals surface area contributed by atoms with E-state index in [9.17, 15) is 0 Å². The van der Waals surface area contributed by atoms with Crippen LogP contribution in [0.2, 0.25) is 0 Å². The predicted molar refractivity (Wildman–Crippen MR) is 84.3 cm³/mol. The topological polar surface area (TPSA) is 30.7 Å². The van der Waals surface area contributed by atoms with Gasteiger partial charge in [-0.15, -0.1) is 0 Å². The van der Waals surface area contributed by atoms with Gasteiger partial charge >= 0.3 is 8.80 Å². The fourth-order valence-corrected chi connectivity index (χ4v) is 6.19. The average molecular weight is 303 g/mol. The first kappa shape index (κ1) is 17.8. The lowest BCUT2D eigenvalue weighted by molar-refractivity contribution is -0.613. The highest BCUT2D eigenvalue weighted by Gasteiger charge is 2.61. The Bertz CT molecular complexity index is 314. The molecule has 0 aromatic heterocycles. The zero-order valence-corrected chi connectivity index (χ0v) is 15.1. The van der Waals surface area contributed by atoms with Crippen molar-refractivity contribution in [2.45, 2.75) is 60.0 Å². The highest BCUT2D eigenvalue weighted by atomic mass is 28.4. The molecular weight excluding hydrogens is 270 g/mol. The molecule has 0 aliphatic carbocycles. The van der Waals surface area contributed by atoms with Crippen LogP contribution in [0.3, 0.4) is 0 Å². The summed E-state index contributed by atoms with van der Waals surface area (Å²) in [6, 6.07) is 0. The third-order valence-electron chi connectivity index (χ3n) is 3.66. The van der Waals surface area contributed by atoms with E-state index in [-0.39, 0.29) is 0 Å². The van der Waals surface area contributed by atoms with Crippen LogP contribution in [0.5, 0.6) is 0 Å². The molecule has 1 aliphatic rings. The lowest BCUT2D eigenvalue weighted by Gasteiger charge is -2.37. The van der Waals surface area contributed by atoms with Gasteiger partial charge in [0.15, 0.2) is 0 Å². The van der Waals surface area contributed by atoms with Crippen LogP contribution in [0.25, 0.3) is 0 Å². The van der Waals surface area contributed by atoms with Gasteiger partial charge in [-0.25, -0.2) is 4.58 Å². The number of nitrogens with zero attached hydrogens (tertiary/aromatic N) is 1. The van der Waals surface area contributed by atoms with Crippen LogP contribution in [-0.2, 0) is 13.3 Å². The Morgan fingerprint density at radius 1 is 1.10 bits per heavy atom. The lowest BCUT2D eigenvalue weighted by atomic mass is 10.1. The van der Waals surface area contributed by atoms with Crippen LogP contribution in [-0.4, -0.2) is 51.1 Å². The first-order chi connectivity index (χ1) is 9.50. The van der Waals surface area contributed by atoms with E-state index in [1.54, 1.807) is 0 Å². The fraction of sp³-hybridized carbons (Fsp3) is 0.933. The molecular formula is C15H32NO3Si+. The molecule has 0 radical (unpaired) electrons. The number of rotatable bonds is 9. The molecule has 1 fully saturated rings. The molecule has 1 aliphatic heterocycles. The monoisotopic (exact) mass is 302 g/mol. The van der Waals surface area contributed by atoms with Crippen LogP contribution < -0.4 is 0 Å². The Kier molecular flexibility index (Phi) is 7.37. The molecule has 4 nitrogen and oxygen atoms in total. The SMILES string of the molecule is CCO[Si](OCC)(OCC)C1CC[N+]1=C(C)CC(C)C. The minimum atomic E-state index is -2.58. The Morgan fingerprint density at radius 3 is 1.90 bits per heavy atom. The molecule has 1 heterocycles. The maximum absolute atomic E-state index is 6.04. The van der Waals surface area contributed by atoms with Crippen LogP contribution >= 0.6 is 0 Å². The van der Waals surface area contributed by atoms with Gasteiger partial charge in [0.2, 0.25) is 5.67 Å². The summed E-state index contributed by atoms with van der Waals surface area (Å²) >= 11 is 0. The zero-order valence-electron chi connectivity index (χ0n) is 14.1. The second kappa shape index (κ2) is 8.27. The first-order valence-corrected chi connectivity index (χ1v) is 9.81. The molecule has 1 saturated heterocycles. The molecule has 0 spiro atoms. The van der Waals surface area contributed by atoms with Crippen LogP contribution in [0.1, 0.15) is 54.4 Å². The molecule has 20 heavy (non-hydrogen) atoms. The Morgan fingerprint density at radius 2 is 1.60 bits per heavy atom. The molecule has 5 heteroatoms. The minimum absolute atomic E-state index is 0.307. The molecule has 0 N–H and O–H groups in total. The molecule has 1 atom stereocenters. The van der Waals surface area contributed by atoms with Gasteiger partial charge < -0.3 is 13.3 Å². The van der Waals surface area contributed by atoms with E-state index in [1.807, 2.05) is 20.8 Å². The largest absolute Gasteiger partial charge is 0.573 e. The molecule has 1 unspecified atom stereocenters. The van der Waals surface area contributed by atoms with Crippen molar-refractivity contribution in [3.63, 3.8) is 0 Å². The highest BCUT2D eigenvalue weighted by Crippen LogP contribution is 2.27. The third kappa shape index (κ3) is 4.13. The summed E-state index contributed by atoms with van der Waals surface area (Å²) in [6.45, 7) is 15.9.